The van der Waals surface area contributed by atoms with Crippen LogP contribution in [0.15, 0.2) is 83.3 Å². The molecule has 0 saturated heterocycles. The van der Waals surface area contributed by atoms with E-state index in [-0.39, 0.29) is 11.8 Å². The van der Waals surface area contributed by atoms with Gasteiger partial charge in [-0.25, -0.2) is 0 Å². The highest BCUT2D eigenvalue weighted by Gasteiger charge is 2.18. The fourth-order valence-corrected chi connectivity index (χ4v) is 3.17. The first-order valence-corrected chi connectivity index (χ1v) is 9.08. The number of nitrogens with one attached hydrogen (secondary N) is 1. The minimum Gasteiger partial charge on any atom is -0.326 e. The quantitative estimate of drug-likeness (QED) is 0.572. The van der Waals surface area contributed by atoms with Crippen molar-refractivity contribution < 1.29 is 4.79 Å². The molecule has 0 spiro atoms. The molecule has 3 rings (SSSR count). The van der Waals surface area contributed by atoms with Gasteiger partial charge >= 0.3 is 0 Å². The van der Waals surface area contributed by atoms with Gasteiger partial charge in [0.2, 0.25) is 5.91 Å². The lowest BCUT2D eigenvalue weighted by Gasteiger charge is -2.18. The van der Waals surface area contributed by atoms with E-state index in [0.717, 1.165) is 26.9 Å². The minimum absolute atomic E-state index is 0.0134. The molecule has 0 aliphatic rings. The maximum atomic E-state index is 12.6. The van der Waals surface area contributed by atoms with Crippen molar-refractivity contribution in [3.8, 4) is 0 Å². The third-order valence-corrected chi connectivity index (χ3v) is 5.12. The van der Waals surface area contributed by atoms with Crippen LogP contribution in [0.3, 0.4) is 0 Å². The van der Waals surface area contributed by atoms with Crippen molar-refractivity contribution >= 4 is 27.5 Å². The average molecular weight is 394 g/mol. The molecule has 3 aromatic carbocycles. The van der Waals surface area contributed by atoms with E-state index in [1.807, 2.05) is 61.5 Å². The molecule has 0 aromatic heterocycles. The Bertz CT molecular complexity index is 807. The van der Waals surface area contributed by atoms with Crippen LogP contribution >= 0.6 is 15.9 Å². The van der Waals surface area contributed by atoms with Gasteiger partial charge in [-0.05, 0) is 41.8 Å². The van der Waals surface area contributed by atoms with E-state index in [9.17, 15) is 4.79 Å². The Balaban J connectivity index is 1.80. The summed E-state index contributed by atoms with van der Waals surface area (Å²) < 4.78 is 1.04. The summed E-state index contributed by atoms with van der Waals surface area (Å²) in [6.07, 6.45) is 0.406. The lowest BCUT2D eigenvalue weighted by molar-refractivity contribution is -0.116. The molecule has 126 valence electrons. The molecule has 0 radical (unpaired) electrons. The molecule has 3 heteroatoms. The van der Waals surface area contributed by atoms with Gasteiger partial charge in [0.15, 0.2) is 0 Å². The van der Waals surface area contributed by atoms with Gasteiger partial charge in [-0.3, -0.25) is 4.79 Å². The van der Waals surface area contributed by atoms with Gasteiger partial charge in [-0.2, -0.15) is 0 Å². The second-order valence-corrected chi connectivity index (χ2v) is 6.94. The summed E-state index contributed by atoms with van der Waals surface area (Å²) >= 11 is 3.48. The Morgan fingerprint density at radius 1 is 0.920 bits per heavy atom. The standard InChI is InChI=1S/C22H20BrNO/c1-16-14-19(12-13-21(16)23)24-22(25)15-20(17-8-4-2-5-9-17)18-10-6-3-7-11-18/h2-14,20H,15H2,1H3,(H,24,25). The van der Waals surface area contributed by atoms with Crippen LogP contribution in [0.4, 0.5) is 5.69 Å². The van der Waals surface area contributed by atoms with Crippen molar-refractivity contribution in [3.63, 3.8) is 0 Å². The number of halogens is 1. The van der Waals surface area contributed by atoms with Gasteiger partial charge in [0.25, 0.3) is 0 Å². The molecule has 0 atom stereocenters. The molecule has 1 N–H and O–H groups in total. The Morgan fingerprint density at radius 2 is 1.48 bits per heavy atom. The van der Waals surface area contributed by atoms with E-state index in [1.54, 1.807) is 0 Å². The summed E-state index contributed by atoms with van der Waals surface area (Å²) in [5.74, 6) is 0.0540. The number of carbonyl (C=O) groups excluding carboxylic acids is 1. The van der Waals surface area contributed by atoms with Crippen LogP contribution in [0.5, 0.6) is 0 Å². The third kappa shape index (κ3) is 4.58. The van der Waals surface area contributed by atoms with E-state index >= 15 is 0 Å². The maximum Gasteiger partial charge on any atom is 0.225 e. The largest absolute Gasteiger partial charge is 0.326 e. The Labute approximate surface area is 157 Å². The molecule has 0 heterocycles. The van der Waals surface area contributed by atoms with Crippen LogP contribution in [-0.4, -0.2) is 5.91 Å². The van der Waals surface area contributed by atoms with Crippen LogP contribution in [0.1, 0.15) is 29.0 Å². The summed E-state index contributed by atoms with van der Waals surface area (Å²) in [5, 5.41) is 3.02. The van der Waals surface area contributed by atoms with Crippen LogP contribution < -0.4 is 5.32 Å². The summed E-state index contributed by atoms with van der Waals surface area (Å²) in [7, 11) is 0. The first kappa shape index (κ1) is 17.4. The number of amides is 1. The fourth-order valence-electron chi connectivity index (χ4n) is 2.92. The van der Waals surface area contributed by atoms with Crippen molar-refractivity contribution in [1.82, 2.24) is 0 Å². The van der Waals surface area contributed by atoms with Crippen molar-refractivity contribution in [2.45, 2.75) is 19.3 Å². The Hall–Kier alpha value is -2.39. The van der Waals surface area contributed by atoms with Crippen LogP contribution in [0.2, 0.25) is 0 Å². The zero-order valence-corrected chi connectivity index (χ0v) is 15.7. The zero-order chi connectivity index (χ0) is 17.6. The SMILES string of the molecule is Cc1cc(NC(=O)CC(c2ccccc2)c2ccccc2)ccc1Br. The van der Waals surface area contributed by atoms with Crippen LogP contribution in [0, 0.1) is 6.92 Å². The molecule has 0 saturated carbocycles. The highest BCUT2D eigenvalue weighted by atomic mass is 79.9. The molecule has 25 heavy (non-hydrogen) atoms. The minimum atomic E-state index is 0.0134. The molecule has 3 aromatic rings. The lowest BCUT2D eigenvalue weighted by atomic mass is 9.88. The van der Waals surface area contributed by atoms with Crippen molar-refractivity contribution in [2.75, 3.05) is 5.32 Å². The number of aryl methyl sites for hydroxylation is 1. The van der Waals surface area contributed by atoms with Crippen molar-refractivity contribution in [3.05, 3.63) is 100 Å². The van der Waals surface area contributed by atoms with E-state index in [4.69, 9.17) is 0 Å². The average Bonchev–Trinajstić information content (AvgIpc) is 2.64. The highest BCUT2D eigenvalue weighted by molar-refractivity contribution is 9.10. The molecule has 2 nitrogen and oxygen atoms in total. The van der Waals surface area contributed by atoms with Crippen molar-refractivity contribution in [2.24, 2.45) is 0 Å². The van der Waals surface area contributed by atoms with Gasteiger partial charge in [0.1, 0.15) is 0 Å². The third-order valence-electron chi connectivity index (χ3n) is 4.24. The maximum absolute atomic E-state index is 12.6. The second-order valence-electron chi connectivity index (χ2n) is 6.09. The van der Waals surface area contributed by atoms with E-state index in [2.05, 4.69) is 45.5 Å². The fraction of sp³-hybridized carbons (Fsp3) is 0.136. The Morgan fingerprint density at radius 3 is 2.00 bits per heavy atom. The summed E-state index contributed by atoms with van der Waals surface area (Å²) in [4.78, 5) is 12.6. The number of carbonyl (C=O) groups is 1. The molecular weight excluding hydrogens is 374 g/mol. The molecular formula is C22H20BrNO. The molecule has 0 unspecified atom stereocenters. The smallest absolute Gasteiger partial charge is 0.225 e. The van der Waals surface area contributed by atoms with Gasteiger partial charge < -0.3 is 5.32 Å². The summed E-state index contributed by atoms with van der Waals surface area (Å²) in [6, 6.07) is 26.2. The first-order chi connectivity index (χ1) is 12.1. The first-order valence-electron chi connectivity index (χ1n) is 8.29. The predicted molar refractivity (Wildman–Crippen MR) is 107 cm³/mol. The Kier molecular flexibility index (Phi) is 5.67. The zero-order valence-electron chi connectivity index (χ0n) is 14.1. The van der Waals surface area contributed by atoms with Crippen LogP contribution in [0.25, 0.3) is 0 Å². The molecule has 0 fully saturated rings. The second kappa shape index (κ2) is 8.13. The topological polar surface area (TPSA) is 29.1 Å². The number of rotatable bonds is 5. The van der Waals surface area contributed by atoms with E-state index < -0.39 is 0 Å². The lowest BCUT2D eigenvalue weighted by Crippen LogP contribution is -2.16. The number of hydrogen-bond donors (Lipinski definition) is 1. The normalized spacial score (nSPS) is 10.7. The van der Waals surface area contributed by atoms with Crippen molar-refractivity contribution in [1.29, 1.82) is 0 Å². The van der Waals surface area contributed by atoms with Gasteiger partial charge in [-0.15, -0.1) is 0 Å². The van der Waals surface area contributed by atoms with Crippen LogP contribution in [-0.2, 0) is 4.79 Å². The monoisotopic (exact) mass is 393 g/mol. The molecule has 0 bridgehead atoms. The van der Waals surface area contributed by atoms with Gasteiger partial charge in [0.05, 0.1) is 0 Å². The summed E-state index contributed by atoms with van der Waals surface area (Å²) in [6.45, 7) is 2.01. The predicted octanol–water partition coefficient (Wildman–Crippen LogP) is 5.92. The number of benzene rings is 3. The molecule has 0 aliphatic heterocycles. The van der Waals surface area contributed by atoms with E-state index in [1.165, 1.54) is 0 Å². The van der Waals surface area contributed by atoms with Gasteiger partial charge in [-0.1, -0.05) is 76.6 Å². The van der Waals surface area contributed by atoms with E-state index in [0.29, 0.717) is 6.42 Å². The molecule has 0 aliphatic carbocycles. The molecule has 1 amide bonds. The number of hydrogen-bond acceptors (Lipinski definition) is 1. The number of anilines is 1. The highest BCUT2D eigenvalue weighted by Crippen LogP contribution is 2.28. The summed E-state index contributed by atoms with van der Waals surface area (Å²) in [5.41, 5.74) is 4.22. The van der Waals surface area contributed by atoms with Gasteiger partial charge in [0, 0.05) is 22.5 Å².